The zero-order valence-corrected chi connectivity index (χ0v) is 10.1. The predicted octanol–water partition coefficient (Wildman–Crippen LogP) is 0.623. The Balaban J connectivity index is 1.95. The van der Waals surface area contributed by atoms with Gasteiger partial charge in [-0.3, -0.25) is 4.79 Å². The van der Waals surface area contributed by atoms with Crippen LogP contribution in [0.15, 0.2) is 0 Å². The van der Waals surface area contributed by atoms with Gasteiger partial charge in [-0.2, -0.15) is 0 Å². The van der Waals surface area contributed by atoms with E-state index in [1.54, 1.807) is 0 Å². The van der Waals surface area contributed by atoms with Crippen LogP contribution in [0.2, 0.25) is 0 Å². The Bertz CT molecular complexity index is 239. The van der Waals surface area contributed by atoms with Gasteiger partial charge in [0.2, 0.25) is 5.91 Å². The quantitative estimate of drug-likeness (QED) is 0.750. The van der Waals surface area contributed by atoms with Gasteiger partial charge in [-0.15, -0.1) is 0 Å². The number of ether oxygens (including phenoxy) is 1. The van der Waals surface area contributed by atoms with Gasteiger partial charge in [0.25, 0.3) is 0 Å². The molecule has 4 heteroatoms. The molecule has 2 unspecified atom stereocenters. The first-order valence-electron chi connectivity index (χ1n) is 6.36. The van der Waals surface area contributed by atoms with Crippen molar-refractivity contribution < 1.29 is 9.53 Å². The second-order valence-corrected chi connectivity index (χ2v) is 4.72. The molecule has 1 aliphatic heterocycles. The third-order valence-electron chi connectivity index (χ3n) is 3.78. The molecule has 0 aromatic heterocycles. The van der Waals surface area contributed by atoms with Crippen molar-refractivity contribution in [2.45, 2.75) is 31.7 Å². The highest BCUT2D eigenvalue weighted by Crippen LogP contribution is 2.26. The topological polar surface area (TPSA) is 41.6 Å². The van der Waals surface area contributed by atoms with E-state index in [0.717, 1.165) is 25.9 Å². The number of rotatable bonds is 2. The fraction of sp³-hybridized carbons (Fsp3) is 0.917. The molecule has 0 bridgehead atoms. The summed E-state index contributed by atoms with van der Waals surface area (Å²) in [6.45, 7) is 2.93. The van der Waals surface area contributed by atoms with Gasteiger partial charge < -0.3 is 15.0 Å². The molecule has 4 nitrogen and oxygen atoms in total. The summed E-state index contributed by atoms with van der Waals surface area (Å²) >= 11 is 0. The number of hydrogen-bond donors (Lipinski definition) is 1. The van der Waals surface area contributed by atoms with Gasteiger partial charge in [-0.25, -0.2) is 0 Å². The highest BCUT2D eigenvalue weighted by Gasteiger charge is 2.33. The largest absolute Gasteiger partial charge is 0.378 e. The summed E-state index contributed by atoms with van der Waals surface area (Å²) in [6.07, 6.45) is 4.62. The number of carbonyl (C=O) groups excluding carboxylic acids is 1. The summed E-state index contributed by atoms with van der Waals surface area (Å²) in [5.41, 5.74) is 0. The van der Waals surface area contributed by atoms with Crippen molar-refractivity contribution in [1.82, 2.24) is 10.2 Å². The SMILES string of the molecule is CNC1CCCCC1C(=O)N1CCOCC1. The first-order valence-corrected chi connectivity index (χ1v) is 6.36. The van der Waals surface area contributed by atoms with Crippen LogP contribution in [0.5, 0.6) is 0 Å². The van der Waals surface area contributed by atoms with Gasteiger partial charge in [0.15, 0.2) is 0 Å². The van der Waals surface area contributed by atoms with Gasteiger partial charge in [0.05, 0.1) is 19.1 Å². The highest BCUT2D eigenvalue weighted by atomic mass is 16.5. The lowest BCUT2D eigenvalue weighted by molar-refractivity contribution is -0.141. The van der Waals surface area contributed by atoms with Crippen molar-refractivity contribution in [2.24, 2.45) is 5.92 Å². The van der Waals surface area contributed by atoms with E-state index < -0.39 is 0 Å². The Labute approximate surface area is 97.3 Å². The average molecular weight is 226 g/mol. The van der Waals surface area contributed by atoms with E-state index in [1.165, 1.54) is 12.8 Å². The zero-order chi connectivity index (χ0) is 11.4. The summed E-state index contributed by atoms with van der Waals surface area (Å²) in [5, 5.41) is 3.30. The second kappa shape index (κ2) is 5.64. The lowest BCUT2D eigenvalue weighted by atomic mass is 9.83. The molecule has 1 N–H and O–H groups in total. The Kier molecular flexibility index (Phi) is 4.18. The van der Waals surface area contributed by atoms with Gasteiger partial charge in [0.1, 0.15) is 0 Å². The monoisotopic (exact) mass is 226 g/mol. The summed E-state index contributed by atoms with van der Waals surface area (Å²) in [6, 6.07) is 0.379. The van der Waals surface area contributed by atoms with Crippen molar-refractivity contribution in [3.8, 4) is 0 Å². The van der Waals surface area contributed by atoms with Gasteiger partial charge in [-0.05, 0) is 19.9 Å². The number of morpholine rings is 1. The second-order valence-electron chi connectivity index (χ2n) is 4.72. The molecular formula is C12H22N2O2. The van der Waals surface area contributed by atoms with E-state index in [2.05, 4.69) is 5.32 Å². The molecule has 2 aliphatic rings. The normalized spacial score (nSPS) is 31.4. The number of amides is 1. The van der Waals surface area contributed by atoms with Crippen LogP contribution >= 0.6 is 0 Å². The predicted molar refractivity (Wildman–Crippen MR) is 62.2 cm³/mol. The molecule has 0 aromatic carbocycles. The molecule has 2 atom stereocenters. The van der Waals surface area contributed by atoms with Crippen molar-refractivity contribution in [3.63, 3.8) is 0 Å². The van der Waals surface area contributed by atoms with Crippen LogP contribution in [-0.4, -0.2) is 50.2 Å². The lowest BCUT2D eigenvalue weighted by Crippen LogP contribution is -2.50. The van der Waals surface area contributed by atoms with E-state index in [9.17, 15) is 4.79 Å². The number of carbonyl (C=O) groups is 1. The molecule has 16 heavy (non-hydrogen) atoms. The zero-order valence-electron chi connectivity index (χ0n) is 10.1. The summed E-state index contributed by atoms with van der Waals surface area (Å²) in [4.78, 5) is 14.3. The van der Waals surface area contributed by atoms with Gasteiger partial charge in [-0.1, -0.05) is 12.8 Å². The Morgan fingerprint density at radius 2 is 1.94 bits per heavy atom. The summed E-state index contributed by atoms with van der Waals surface area (Å²) in [7, 11) is 1.97. The molecule has 2 fully saturated rings. The van der Waals surface area contributed by atoms with Crippen molar-refractivity contribution in [3.05, 3.63) is 0 Å². The lowest BCUT2D eigenvalue weighted by Gasteiger charge is -2.36. The van der Waals surface area contributed by atoms with Gasteiger partial charge >= 0.3 is 0 Å². The molecule has 1 saturated heterocycles. The highest BCUT2D eigenvalue weighted by molar-refractivity contribution is 5.79. The van der Waals surface area contributed by atoms with E-state index in [1.807, 2.05) is 11.9 Å². The Morgan fingerprint density at radius 3 is 2.62 bits per heavy atom. The maximum Gasteiger partial charge on any atom is 0.227 e. The molecule has 92 valence electrons. The number of hydrogen-bond acceptors (Lipinski definition) is 3. The van der Waals surface area contributed by atoms with E-state index >= 15 is 0 Å². The Hall–Kier alpha value is -0.610. The first kappa shape index (κ1) is 11.9. The first-order chi connectivity index (χ1) is 7.83. The molecule has 2 rings (SSSR count). The standard InChI is InChI=1S/C12H22N2O2/c1-13-11-5-3-2-4-10(11)12(15)14-6-8-16-9-7-14/h10-11,13H,2-9H2,1H3. The average Bonchev–Trinajstić information content (AvgIpc) is 2.39. The smallest absolute Gasteiger partial charge is 0.227 e. The van der Waals surface area contributed by atoms with Crippen LogP contribution in [0.3, 0.4) is 0 Å². The number of nitrogens with one attached hydrogen (secondary N) is 1. The van der Waals surface area contributed by atoms with Crippen LogP contribution in [0.25, 0.3) is 0 Å². The van der Waals surface area contributed by atoms with Crippen LogP contribution in [0.1, 0.15) is 25.7 Å². The fourth-order valence-corrected chi connectivity index (χ4v) is 2.79. The molecule has 0 spiro atoms. The van der Waals surface area contributed by atoms with Crippen molar-refractivity contribution in [2.75, 3.05) is 33.4 Å². The van der Waals surface area contributed by atoms with E-state index in [4.69, 9.17) is 4.74 Å². The van der Waals surface area contributed by atoms with E-state index in [-0.39, 0.29) is 5.92 Å². The number of nitrogens with zero attached hydrogens (tertiary/aromatic N) is 1. The van der Waals surface area contributed by atoms with Crippen LogP contribution in [0, 0.1) is 5.92 Å². The Morgan fingerprint density at radius 1 is 1.25 bits per heavy atom. The molecule has 1 saturated carbocycles. The molecule has 0 radical (unpaired) electrons. The third-order valence-corrected chi connectivity index (χ3v) is 3.78. The van der Waals surface area contributed by atoms with E-state index in [0.29, 0.717) is 25.2 Å². The van der Waals surface area contributed by atoms with Crippen molar-refractivity contribution in [1.29, 1.82) is 0 Å². The fourth-order valence-electron chi connectivity index (χ4n) is 2.79. The molecule has 1 aliphatic carbocycles. The van der Waals surface area contributed by atoms with Crippen LogP contribution in [0.4, 0.5) is 0 Å². The maximum absolute atomic E-state index is 12.4. The van der Waals surface area contributed by atoms with Gasteiger partial charge in [0, 0.05) is 19.1 Å². The minimum atomic E-state index is 0.192. The maximum atomic E-state index is 12.4. The molecule has 0 aromatic rings. The third kappa shape index (κ3) is 2.55. The summed E-state index contributed by atoms with van der Waals surface area (Å²) in [5.74, 6) is 0.527. The van der Waals surface area contributed by atoms with Crippen LogP contribution < -0.4 is 5.32 Å². The minimum Gasteiger partial charge on any atom is -0.378 e. The molecule has 1 heterocycles. The molecule has 1 amide bonds. The molecular weight excluding hydrogens is 204 g/mol. The van der Waals surface area contributed by atoms with Crippen molar-refractivity contribution >= 4 is 5.91 Å². The van der Waals surface area contributed by atoms with Crippen LogP contribution in [-0.2, 0) is 9.53 Å². The minimum absolute atomic E-state index is 0.192. The summed E-state index contributed by atoms with van der Waals surface area (Å²) < 4.78 is 5.28.